The minimum absolute atomic E-state index is 0.113. The highest BCUT2D eigenvalue weighted by Crippen LogP contribution is 2.28. The maximum atomic E-state index is 12.8. The van der Waals surface area contributed by atoms with E-state index < -0.39 is 0 Å². The zero-order valence-corrected chi connectivity index (χ0v) is 18.1. The molecule has 1 saturated heterocycles. The van der Waals surface area contributed by atoms with Gasteiger partial charge in [0.25, 0.3) is 0 Å². The van der Waals surface area contributed by atoms with E-state index in [-0.39, 0.29) is 11.8 Å². The summed E-state index contributed by atoms with van der Waals surface area (Å²) in [5.74, 6) is 0.0287. The third-order valence-electron chi connectivity index (χ3n) is 5.58. The molecule has 1 fully saturated rings. The molecule has 0 unspecified atom stereocenters. The van der Waals surface area contributed by atoms with E-state index in [9.17, 15) is 9.59 Å². The predicted octanol–water partition coefficient (Wildman–Crippen LogP) is 3.14. The molecule has 8 heteroatoms. The highest BCUT2D eigenvalue weighted by atomic mass is 35.5. The molecule has 158 valence electrons. The van der Waals surface area contributed by atoms with Crippen LogP contribution in [0.4, 0.5) is 11.4 Å². The van der Waals surface area contributed by atoms with Gasteiger partial charge in [-0.2, -0.15) is 0 Å². The monoisotopic (exact) mass is 446 g/mol. The smallest absolute Gasteiger partial charge is 0.241 e. The lowest BCUT2D eigenvalue weighted by Gasteiger charge is -2.34. The molecule has 0 saturated carbocycles. The van der Waals surface area contributed by atoms with Gasteiger partial charge in [0.1, 0.15) is 0 Å². The normalized spacial score (nSPS) is 17.1. The van der Waals surface area contributed by atoms with Crippen molar-refractivity contribution in [1.29, 1.82) is 0 Å². The average molecular weight is 447 g/mol. The topological polar surface area (TPSA) is 55.9 Å². The van der Waals surface area contributed by atoms with Gasteiger partial charge in [0.15, 0.2) is 0 Å². The number of carbonyl (C=O) groups is 2. The van der Waals surface area contributed by atoms with Crippen molar-refractivity contribution in [1.82, 2.24) is 9.80 Å². The van der Waals surface area contributed by atoms with E-state index in [0.717, 1.165) is 44.8 Å². The fraction of sp³-hybridized carbons (Fsp3) is 0.364. The number of amides is 2. The summed E-state index contributed by atoms with van der Waals surface area (Å²) in [4.78, 5) is 31.3. The number of nitrogens with one attached hydrogen (secondary N) is 1. The number of hydrogen-bond acceptors (Lipinski definition) is 4. The van der Waals surface area contributed by atoms with Gasteiger partial charge in [-0.25, -0.2) is 0 Å². The van der Waals surface area contributed by atoms with E-state index in [2.05, 4.69) is 21.2 Å². The van der Waals surface area contributed by atoms with Crippen LogP contribution >= 0.6 is 23.2 Å². The molecule has 0 radical (unpaired) electrons. The van der Waals surface area contributed by atoms with Crippen molar-refractivity contribution < 1.29 is 9.59 Å². The zero-order valence-electron chi connectivity index (χ0n) is 16.6. The molecule has 6 nitrogen and oxygen atoms in total. The van der Waals surface area contributed by atoms with Crippen LogP contribution in [0.2, 0.25) is 10.0 Å². The molecule has 30 heavy (non-hydrogen) atoms. The van der Waals surface area contributed by atoms with E-state index in [1.54, 1.807) is 18.2 Å². The number of para-hydroxylation sites is 1. The van der Waals surface area contributed by atoms with Gasteiger partial charge in [0.05, 0.1) is 23.8 Å². The zero-order chi connectivity index (χ0) is 21.1. The summed E-state index contributed by atoms with van der Waals surface area (Å²) in [7, 11) is 0. The molecule has 4 rings (SSSR count). The quantitative estimate of drug-likeness (QED) is 0.766. The fourth-order valence-corrected chi connectivity index (χ4v) is 4.42. The summed E-state index contributed by atoms with van der Waals surface area (Å²) < 4.78 is 0. The van der Waals surface area contributed by atoms with Crippen molar-refractivity contribution in [3.8, 4) is 0 Å². The number of carbonyl (C=O) groups excluding carboxylic acids is 2. The Morgan fingerprint density at radius 2 is 1.60 bits per heavy atom. The molecule has 2 aliphatic heterocycles. The molecule has 0 bridgehead atoms. The molecule has 2 heterocycles. The van der Waals surface area contributed by atoms with Crippen LogP contribution in [0.1, 0.15) is 5.56 Å². The Labute approximate surface area is 186 Å². The summed E-state index contributed by atoms with van der Waals surface area (Å²) in [6, 6.07) is 13.1. The fourth-order valence-electron chi connectivity index (χ4n) is 3.96. The average Bonchev–Trinajstić information content (AvgIpc) is 3.16. The van der Waals surface area contributed by atoms with Crippen molar-refractivity contribution in [3.05, 3.63) is 58.1 Å². The van der Waals surface area contributed by atoms with Crippen molar-refractivity contribution in [2.45, 2.75) is 6.42 Å². The minimum atomic E-state index is -0.113. The first-order valence-electron chi connectivity index (χ1n) is 10.1. The summed E-state index contributed by atoms with van der Waals surface area (Å²) >= 11 is 12.0. The second-order valence-electron chi connectivity index (χ2n) is 7.65. The van der Waals surface area contributed by atoms with Crippen LogP contribution in [0.3, 0.4) is 0 Å². The Bertz CT molecular complexity index is 944. The van der Waals surface area contributed by atoms with Crippen LogP contribution in [0, 0.1) is 0 Å². The summed E-state index contributed by atoms with van der Waals surface area (Å²) in [6.45, 7) is 4.46. The molecule has 2 aliphatic rings. The highest BCUT2D eigenvalue weighted by Gasteiger charge is 2.27. The van der Waals surface area contributed by atoms with Crippen molar-refractivity contribution in [3.63, 3.8) is 0 Å². The second kappa shape index (κ2) is 9.35. The number of anilines is 2. The third kappa shape index (κ3) is 4.95. The van der Waals surface area contributed by atoms with E-state index in [1.165, 1.54) is 5.56 Å². The van der Waals surface area contributed by atoms with Gasteiger partial charge in [-0.1, -0.05) is 41.4 Å². The lowest BCUT2D eigenvalue weighted by Crippen LogP contribution is -2.51. The predicted molar refractivity (Wildman–Crippen MR) is 120 cm³/mol. The number of benzene rings is 2. The van der Waals surface area contributed by atoms with Crippen molar-refractivity contribution in [2.24, 2.45) is 0 Å². The molecule has 0 aromatic heterocycles. The van der Waals surface area contributed by atoms with Gasteiger partial charge in [0, 0.05) is 43.4 Å². The first-order valence-corrected chi connectivity index (χ1v) is 10.8. The summed E-state index contributed by atoms with van der Waals surface area (Å²) in [5, 5.41) is 3.78. The van der Waals surface area contributed by atoms with Gasteiger partial charge >= 0.3 is 0 Å². The first-order chi connectivity index (χ1) is 14.5. The van der Waals surface area contributed by atoms with E-state index in [1.807, 2.05) is 23.1 Å². The van der Waals surface area contributed by atoms with Crippen LogP contribution in [0.15, 0.2) is 42.5 Å². The second-order valence-corrected chi connectivity index (χ2v) is 8.49. The van der Waals surface area contributed by atoms with E-state index in [4.69, 9.17) is 23.2 Å². The van der Waals surface area contributed by atoms with Crippen LogP contribution in [-0.2, 0) is 16.0 Å². The molecule has 2 amide bonds. The summed E-state index contributed by atoms with van der Waals surface area (Å²) in [6.07, 6.45) is 0.919. The standard InChI is InChI=1S/C22H24Cl2N4O2/c23-17-5-6-19(18(24)13-17)25-21(29)14-26-9-11-27(12-10-26)15-22(30)28-8-7-16-3-1-2-4-20(16)28/h1-6,13H,7-12,14-15H2,(H,25,29). The van der Waals surface area contributed by atoms with Crippen LogP contribution in [0.25, 0.3) is 0 Å². The van der Waals surface area contributed by atoms with Crippen LogP contribution < -0.4 is 10.2 Å². The molecular weight excluding hydrogens is 423 g/mol. The highest BCUT2D eigenvalue weighted by molar-refractivity contribution is 6.36. The molecule has 2 aromatic carbocycles. The summed E-state index contributed by atoms with van der Waals surface area (Å²) in [5.41, 5.74) is 2.84. The first kappa shape index (κ1) is 21.1. The Kier molecular flexibility index (Phi) is 6.58. The molecule has 0 aliphatic carbocycles. The van der Waals surface area contributed by atoms with Gasteiger partial charge in [-0.15, -0.1) is 0 Å². The van der Waals surface area contributed by atoms with Gasteiger partial charge in [-0.3, -0.25) is 19.4 Å². The third-order valence-corrected chi connectivity index (χ3v) is 6.13. The number of rotatable bonds is 5. The Morgan fingerprint density at radius 1 is 0.900 bits per heavy atom. The number of nitrogens with zero attached hydrogens (tertiary/aromatic N) is 3. The molecule has 1 N–H and O–H groups in total. The lowest BCUT2D eigenvalue weighted by molar-refractivity contribution is -0.121. The molecule has 0 spiro atoms. The Morgan fingerprint density at radius 3 is 2.33 bits per heavy atom. The number of hydrogen-bond donors (Lipinski definition) is 1. The molecule has 2 aromatic rings. The minimum Gasteiger partial charge on any atom is -0.324 e. The largest absolute Gasteiger partial charge is 0.324 e. The van der Waals surface area contributed by atoms with E-state index >= 15 is 0 Å². The van der Waals surface area contributed by atoms with Gasteiger partial charge in [0.2, 0.25) is 11.8 Å². The van der Waals surface area contributed by atoms with E-state index in [0.29, 0.717) is 28.8 Å². The maximum Gasteiger partial charge on any atom is 0.241 e. The SMILES string of the molecule is O=C(CN1CCN(CC(=O)N2CCc3ccccc32)CC1)Nc1ccc(Cl)cc1Cl. The Balaban J connectivity index is 1.23. The number of piperazine rings is 1. The maximum absolute atomic E-state index is 12.8. The number of fused-ring (bicyclic) bond motifs is 1. The van der Waals surface area contributed by atoms with Crippen molar-refractivity contribution in [2.75, 3.05) is 56.0 Å². The molecular formula is C22H24Cl2N4O2. The lowest BCUT2D eigenvalue weighted by atomic mass is 10.2. The van der Waals surface area contributed by atoms with Crippen LogP contribution in [-0.4, -0.2) is 67.4 Å². The molecule has 0 atom stereocenters. The Hall–Kier alpha value is -2.12. The van der Waals surface area contributed by atoms with Gasteiger partial charge < -0.3 is 10.2 Å². The van der Waals surface area contributed by atoms with Gasteiger partial charge in [-0.05, 0) is 36.2 Å². The van der Waals surface area contributed by atoms with Crippen LogP contribution in [0.5, 0.6) is 0 Å². The van der Waals surface area contributed by atoms with Crippen molar-refractivity contribution >= 4 is 46.4 Å². The number of halogens is 2.